The van der Waals surface area contributed by atoms with Crippen molar-refractivity contribution >= 4 is 5.91 Å². The number of amides is 1. The first-order valence-corrected chi connectivity index (χ1v) is 9.62. The topological polar surface area (TPSA) is 76.0 Å². The molecule has 0 radical (unpaired) electrons. The molecule has 3 heterocycles. The monoisotopic (exact) mass is 379 g/mol. The highest BCUT2D eigenvalue weighted by molar-refractivity contribution is 5.77. The van der Waals surface area contributed by atoms with Crippen LogP contribution >= 0.6 is 0 Å². The van der Waals surface area contributed by atoms with Crippen molar-refractivity contribution in [2.75, 3.05) is 19.8 Å². The number of aryl methyl sites for hydroxylation is 2. The molecule has 146 valence electrons. The van der Waals surface area contributed by atoms with E-state index < -0.39 is 0 Å². The Bertz CT molecular complexity index is 933. The Morgan fingerprint density at radius 2 is 2.11 bits per heavy atom. The summed E-state index contributed by atoms with van der Waals surface area (Å²) in [6.45, 7) is 5.71. The van der Waals surface area contributed by atoms with Crippen LogP contribution in [0.25, 0.3) is 5.69 Å². The van der Waals surface area contributed by atoms with E-state index in [9.17, 15) is 4.79 Å². The highest BCUT2D eigenvalue weighted by atomic mass is 16.5. The van der Waals surface area contributed by atoms with Gasteiger partial charge < -0.3 is 14.6 Å². The third-order valence-corrected chi connectivity index (χ3v) is 5.26. The normalized spacial score (nSPS) is 17.1. The minimum absolute atomic E-state index is 0.115. The molecule has 1 unspecified atom stereocenters. The van der Waals surface area contributed by atoms with Crippen LogP contribution in [0.4, 0.5) is 0 Å². The summed E-state index contributed by atoms with van der Waals surface area (Å²) in [5.74, 6) is 0.957. The fourth-order valence-corrected chi connectivity index (χ4v) is 3.90. The third-order valence-electron chi connectivity index (χ3n) is 5.26. The largest absolute Gasteiger partial charge is 0.377 e. The van der Waals surface area contributed by atoms with Crippen LogP contribution in [0.1, 0.15) is 35.2 Å². The molecule has 1 aliphatic heterocycles. The molecule has 1 aromatic carbocycles. The number of H-pyrrole nitrogens is 1. The van der Waals surface area contributed by atoms with Crippen LogP contribution in [0.3, 0.4) is 0 Å². The van der Waals surface area contributed by atoms with Crippen molar-refractivity contribution in [2.45, 2.75) is 32.7 Å². The van der Waals surface area contributed by atoms with Gasteiger partial charge in [0.1, 0.15) is 5.82 Å². The zero-order valence-corrected chi connectivity index (χ0v) is 16.3. The number of para-hydroxylation sites is 1. The van der Waals surface area contributed by atoms with Crippen LogP contribution < -0.4 is 0 Å². The summed E-state index contributed by atoms with van der Waals surface area (Å²) >= 11 is 0. The van der Waals surface area contributed by atoms with Gasteiger partial charge in [0.2, 0.25) is 5.91 Å². The van der Waals surface area contributed by atoms with E-state index >= 15 is 0 Å². The number of hydrogen-bond donors (Lipinski definition) is 1. The lowest BCUT2D eigenvalue weighted by molar-refractivity contribution is -0.140. The van der Waals surface area contributed by atoms with Crippen molar-refractivity contribution in [1.29, 1.82) is 0 Å². The van der Waals surface area contributed by atoms with Crippen molar-refractivity contribution in [3.8, 4) is 5.69 Å². The molecule has 7 heteroatoms. The minimum atomic E-state index is -0.115. The van der Waals surface area contributed by atoms with E-state index in [1.165, 1.54) is 0 Å². The maximum atomic E-state index is 13.0. The molecule has 1 atom stereocenters. The van der Waals surface area contributed by atoms with Crippen LogP contribution in [0.5, 0.6) is 0 Å². The molecule has 2 aromatic heterocycles. The van der Waals surface area contributed by atoms with Gasteiger partial charge in [-0.05, 0) is 26.0 Å². The number of carbonyl (C=O) groups is 1. The van der Waals surface area contributed by atoms with Crippen LogP contribution in [-0.2, 0) is 16.0 Å². The van der Waals surface area contributed by atoms with Gasteiger partial charge in [-0.3, -0.25) is 4.79 Å². The summed E-state index contributed by atoms with van der Waals surface area (Å²) in [4.78, 5) is 22.2. The molecule has 4 rings (SSSR count). The van der Waals surface area contributed by atoms with E-state index in [-0.39, 0.29) is 11.9 Å². The van der Waals surface area contributed by atoms with Gasteiger partial charge in [-0.2, -0.15) is 5.10 Å². The van der Waals surface area contributed by atoms with Gasteiger partial charge in [0.05, 0.1) is 30.6 Å². The van der Waals surface area contributed by atoms with Crippen LogP contribution in [0.2, 0.25) is 0 Å². The second-order valence-electron chi connectivity index (χ2n) is 7.05. The highest BCUT2D eigenvalue weighted by Crippen LogP contribution is 2.31. The van der Waals surface area contributed by atoms with Gasteiger partial charge in [0.15, 0.2) is 0 Å². The van der Waals surface area contributed by atoms with Crippen LogP contribution in [0, 0.1) is 13.8 Å². The van der Waals surface area contributed by atoms with Crippen molar-refractivity contribution in [2.24, 2.45) is 0 Å². The molecule has 1 aliphatic rings. The predicted molar refractivity (Wildman–Crippen MR) is 105 cm³/mol. The Morgan fingerprint density at radius 1 is 1.29 bits per heavy atom. The molecule has 0 aliphatic carbocycles. The SMILES string of the molecule is Cc1nn(-c2ccccc2)c(C)c1C1COCCN1C(=O)CCc1ncc[nH]1. The Labute approximate surface area is 164 Å². The van der Waals surface area contributed by atoms with Gasteiger partial charge >= 0.3 is 0 Å². The summed E-state index contributed by atoms with van der Waals surface area (Å²) in [6.07, 6.45) is 4.52. The summed E-state index contributed by atoms with van der Waals surface area (Å²) in [5, 5.41) is 4.74. The summed E-state index contributed by atoms with van der Waals surface area (Å²) in [6, 6.07) is 9.94. The maximum Gasteiger partial charge on any atom is 0.223 e. The van der Waals surface area contributed by atoms with Gasteiger partial charge in [0, 0.05) is 43.0 Å². The number of nitrogens with one attached hydrogen (secondary N) is 1. The Hall–Kier alpha value is -2.93. The smallest absolute Gasteiger partial charge is 0.223 e. The van der Waals surface area contributed by atoms with E-state index in [0.29, 0.717) is 32.6 Å². The Morgan fingerprint density at radius 3 is 2.86 bits per heavy atom. The van der Waals surface area contributed by atoms with Gasteiger partial charge in [-0.1, -0.05) is 18.2 Å². The number of aromatic amines is 1. The summed E-state index contributed by atoms with van der Waals surface area (Å²) in [7, 11) is 0. The average molecular weight is 379 g/mol. The standard InChI is InChI=1S/C21H25N5O2/c1-15-21(16(2)26(24-15)17-6-4-3-5-7-17)18-14-28-13-12-25(18)20(27)9-8-19-22-10-11-23-19/h3-7,10-11,18H,8-9,12-14H2,1-2H3,(H,22,23). The Balaban J connectivity index is 1.59. The van der Waals surface area contributed by atoms with Gasteiger partial charge in [-0.15, -0.1) is 0 Å². The first-order chi connectivity index (χ1) is 13.6. The number of hydrogen-bond acceptors (Lipinski definition) is 4. The molecule has 0 bridgehead atoms. The van der Waals surface area contributed by atoms with Crippen LogP contribution in [0.15, 0.2) is 42.7 Å². The number of morpholine rings is 1. The molecular weight excluding hydrogens is 354 g/mol. The van der Waals surface area contributed by atoms with E-state index in [1.807, 2.05) is 46.8 Å². The highest BCUT2D eigenvalue weighted by Gasteiger charge is 2.32. The predicted octanol–water partition coefficient (Wildman–Crippen LogP) is 2.74. The quantitative estimate of drug-likeness (QED) is 0.740. The zero-order chi connectivity index (χ0) is 19.5. The Kier molecular flexibility index (Phi) is 5.25. The second-order valence-corrected chi connectivity index (χ2v) is 7.05. The number of benzene rings is 1. The van der Waals surface area contributed by atoms with Gasteiger partial charge in [0.25, 0.3) is 0 Å². The summed E-state index contributed by atoms with van der Waals surface area (Å²) < 4.78 is 7.69. The lowest BCUT2D eigenvalue weighted by Crippen LogP contribution is -2.43. The van der Waals surface area contributed by atoms with E-state index in [1.54, 1.807) is 12.4 Å². The van der Waals surface area contributed by atoms with Crippen molar-refractivity contribution in [3.05, 3.63) is 65.5 Å². The number of carbonyl (C=O) groups excluding carboxylic acids is 1. The minimum Gasteiger partial charge on any atom is -0.377 e. The molecule has 0 spiro atoms. The molecule has 1 saturated heterocycles. The summed E-state index contributed by atoms with van der Waals surface area (Å²) in [5.41, 5.74) is 4.07. The number of ether oxygens (including phenoxy) is 1. The molecule has 1 fully saturated rings. The number of nitrogens with zero attached hydrogens (tertiary/aromatic N) is 4. The van der Waals surface area contributed by atoms with Crippen molar-refractivity contribution in [1.82, 2.24) is 24.6 Å². The fourth-order valence-electron chi connectivity index (χ4n) is 3.90. The maximum absolute atomic E-state index is 13.0. The van der Waals surface area contributed by atoms with E-state index in [0.717, 1.165) is 28.5 Å². The lowest BCUT2D eigenvalue weighted by atomic mass is 10.0. The first-order valence-electron chi connectivity index (χ1n) is 9.62. The molecule has 1 amide bonds. The van der Waals surface area contributed by atoms with E-state index in [4.69, 9.17) is 9.84 Å². The number of imidazole rings is 1. The molecular formula is C21H25N5O2. The second kappa shape index (κ2) is 7.98. The molecule has 28 heavy (non-hydrogen) atoms. The third kappa shape index (κ3) is 3.57. The van der Waals surface area contributed by atoms with Crippen molar-refractivity contribution < 1.29 is 9.53 Å². The van der Waals surface area contributed by atoms with Crippen LogP contribution in [-0.4, -0.2) is 50.3 Å². The molecule has 0 saturated carbocycles. The number of aromatic nitrogens is 4. The first kappa shape index (κ1) is 18.4. The number of rotatable bonds is 5. The zero-order valence-electron chi connectivity index (χ0n) is 16.3. The van der Waals surface area contributed by atoms with Gasteiger partial charge in [-0.25, -0.2) is 9.67 Å². The fraction of sp³-hybridized carbons (Fsp3) is 0.381. The van der Waals surface area contributed by atoms with E-state index in [2.05, 4.69) is 16.9 Å². The van der Waals surface area contributed by atoms with Crippen molar-refractivity contribution in [3.63, 3.8) is 0 Å². The molecule has 3 aromatic rings. The molecule has 1 N–H and O–H groups in total. The lowest BCUT2D eigenvalue weighted by Gasteiger charge is -2.36. The average Bonchev–Trinajstić information content (AvgIpc) is 3.34. The molecule has 7 nitrogen and oxygen atoms in total.